The number of benzene rings is 2. The first-order valence-corrected chi connectivity index (χ1v) is 4.90. The molecular formula is C13H8F4. The fourth-order valence-electron chi connectivity index (χ4n) is 1.51. The summed E-state index contributed by atoms with van der Waals surface area (Å²) in [4.78, 5) is 0. The molecule has 0 N–H and O–H groups in total. The van der Waals surface area contributed by atoms with Crippen molar-refractivity contribution in [1.82, 2.24) is 0 Å². The highest BCUT2D eigenvalue weighted by molar-refractivity contribution is 5.33. The highest BCUT2D eigenvalue weighted by Gasteiger charge is 2.34. The molecule has 0 amide bonds. The molecule has 0 heterocycles. The summed E-state index contributed by atoms with van der Waals surface area (Å²) in [7, 11) is 0. The lowest BCUT2D eigenvalue weighted by molar-refractivity contribution is 0.0424. The Hall–Kier alpha value is -1.84. The van der Waals surface area contributed by atoms with Crippen LogP contribution in [0.15, 0.2) is 48.5 Å². The Balaban J connectivity index is 2.48. The van der Waals surface area contributed by atoms with Crippen molar-refractivity contribution in [3.8, 4) is 0 Å². The first kappa shape index (κ1) is 11.6. The Labute approximate surface area is 95.5 Å². The summed E-state index contributed by atoms with van der Waals surface area (Å²) in [6, 6.07) is 9.09. The third-order valence-corrected chi connectivity index (χ3v) is 2.42. The van der Waals surface area contributed by atoms with Crippen LogP contribution in [0.4, 0.5) is 17.6 Å². The van der Waals surface area contributed by atoms with E-state index in [-0.39, 0.29) is 5.56 Å². The van der Waals surface area contributed by atoms with Crippen LogP contribution in [-0.2, 0) is 5.92 Å². The fourth-order valence-corrected chi connectivity index (χ4v) is 1.51. The van der Waals surface area contributed by atoms with E-state index in [1.165, 1.54) is 24.3 Å². The van der Waals surface area contributed by atoms with Crippen molar-refractivity contribution >= 4 is 0 Å². The Morgan fingerprint density at radius 3 is 1.94 bits per heavy atom. The summed E-state index contributed by atoms with van der Waals surface area (Å²) in [5.41, 5.74) is -0.825. The first-order chi connectivity index (χ1) is 8.01. The van der Waals surface area contributed by atoms with Gasteiger partial charge in [-0.2, -0.15) is 8.78 Å². The summed E-state index contributed by atoms with van der Waals surface area (Å²) < 4.78 is 53.4. The minimum atomic E-state index is -3.34. The molecule has 0 radical (unpaired) electrons. The Morgan fingerprint density at radius 1 is 0.706 bits per heavy atom. The second-order valence-electron chi connectivity index (χ2n) is 3.57. The lowest BCUT2D eigenvalue weighted by Gasteiger charge is -2.17. The predicted molar refractivity (Wildman–Crippen MR) is 55.8 cm³/mol. The van der Waals surface area contributed by atoms with E-state index in [9.17, 15) is 17.6 Å². The predicted octanol–water partition coefficient (Wildman–Crippen LogP) is 4.10. The molecule has 0 aliphatic rings. The Morgan fingerprint density at radius 2 is 1.35 bits per heavy atom. The summed E-state index contributed by atoms with van der Waals surface area (Å²) in [6.45, 7) is 0. The standard InChI is InChI=1S/C13H8F4/c14-11-7-6-10(8-12(11)15)13(16,17)9-4-2-1-3-5-9/h1-8H. The summed E-state index contributed by atoms with van der Waals surface area (Å²) >= 11 is 0. The maximum Gasteiger partial charge on any atom is 0.298 e. The Bertz CT molecular complexity index is 520. The molecule has 88 valence electrons. The van der Waals surface area contributed by atoms with E-state index < -0.39 is 23.1 Å². The average molecular weight is 240 g/mol. The summed E-state index contributed by atoms with van der Waals surface area (Å²) in [5.74, 6) is -5.76. The molecule has 0 fully saturated rings. The van der Waals surface area contributed by atoms with Gasteiger partial charge in [0.1, 0.15) is 0 Å². The molecule has 0 nitrogen and oxygen atoms in total. The van der Waals surface area contributed by atoms with Gasteiger partial charge in [0.2, 0.25) is 0 Å². The van der Waals surface area contributed by atoms with Gasteiger partial charge >= 0.3 is 0 Å². The summed E-state index contributed by atoms with van der Waals surface area (Å²) in [6.07, 6.45) is 0. The molecule has 2 rings (SSSR count). The second-order valence-corrected chi connectivity index (χ2v) is 3.57. The summed E-state index contributed by atoms with van der Waals surface area (Å²) in [5, 5.41) is 0. The number of hydrogen-bond acceptors (Lipinski definition) is 0. The lowest BCUT2D eigenvalue weighted by Crippen LogP contribution is -2.15. The quantitative estimate of drug-likeness (QED) is 0.693. The minimum Gasteiger partial charge on any atom is -0.204 e. The van der Waals surface area contributed by atoms with E-state index in [1.54, 1.807) is 6.07 Å². The molecule has 0 unspecified atom stereocenters. The van der Waals surface area contributed by atoms with Crippen molar-refractivity contribution in [2.75, 3.05) is 0 Å². The van der Waals surface area contributed by atoms with E-state index in [0.29, 0.717) is 12.1 Å². The first-order valence-electron chi connectivity index (χ1n) is 4.90. The topological polar surface area (TPSA) is 0 Å². The molecule has 0 saturated carbocycles. The monoisotopic (exact) mass is 240 g/mol. The van der Waals surface area contributed by atoms with Crippen LogP contribution in [0.1, 0.15) is 11.1 Å². The molecule has 0 aromatic heterocycles. The van der Waals surface area contributed by atoms with Gasteiger partial charge in [0.25, 0.3) is 5.92 Å². The molecular weight excluding hydrogens is 232 g/mol. The van der Waals surface area contributed by atoms with Crippen molar-refractivity contribution in [2.24, 2.45) is 0 Å². The van der Waals surface area contributed by atoms with Gasteiger partial charge in [0.05, 0.1) is 0 Å². The van der Waals surface area contributed by atoms with Gasteiger partial charge in [-0.05, 0) is 18.2 Å². The van der Waals surface area contributed by atoms with E-state index in [4.69, 9.17) is 0 Å². The third-order valence-electron chi connectivity index (χ3n) is 2.42. The van der Waals surface area contributed by atoms with Crippen LogP contribution in [-0.4, -0.2) is 0 Å². The number of halogens is 4. The molecule has 0 aliphatic carbocycles. The van der Waals surface area contributed by atoms with Crippen LogP contribution in [0.3, 0.4) is 0 Å². The van der Waals surface area contributed by atoms with Gasteiger partial charge in [-0.25, -0.2) is 8.78 Å². The van der Waals surface area contributed by atoms with E-state index in [1.807, 2.05) is 0 Å². The smallest absolute Gasteiger partial charge is 0.204 e. The van der Waals surface area contributed by atoms with Gasteiger partial charge in [-0.1, -0.05) is 30.3 Å². The molecule has 0 saturated heterocycles. The van der Waals surface area contributed by atoms with Crippen LogP contribution >= 0.6 is 0 Å². The van der Waals surface area contributed by atoms with Crippen LogP contribution in [0.25, 0.3) is 0 Å². The number of rotatable bonds is 2. The zero-order valence-electron chi connectivity index (χ0n) is 8.63. The van der Waals surface area contributed by atoms with Crippen LogP contribution in [0.5, 0.6) is 0 Å². The lowest BCUT2D eigenvalue weighted by atomic mass is 10.0. The molecule has 0 atom stereocenters. The number of hydrogen-bond donors (Lipinski definition) is 0. The fraction of sp³-hybridized carbons (Fsp3) is 0.0769. The molecule has 0 bridgehead atoms. The van der Waals surface area contributed by atoms with Crippen LogP contribution < -0.4 is 0 Å². The van der Waals surface area contributed by atoms with Crippen LogP contribution in [0, 0.1) is 11.6 Å². The minimum absolute atomic E-state index is 0.258. The van der Waals surface area contributed by atoms with Gasteiger partial charge < -0.3 is 0 Å². The molecule has 0 spiro atoms. The number of alkyl halides is 2. The largest absolute Gasteiger partial charge is 0.298 e. The molecule has 4 heteroatoms. The van der Waals surface area contributed by atoms with Crippen molar-refractivity contribution < 1.29 is 17.6 Å². The van der Waals surface area contributed by atoms with Gasteiger partial charge in [-0.3, -0.25) is 0 Å². The van der Waals surface area contributed by atoms with Gasteiger partial charge in [0.15, 0.2) is 11.6 Å². The molecule has 0 aliphatic heterocycles. The average Bonchev–Trinajstić information content (AvgIpc) is 2.33. The Kier molecular flexibility index (Phi) is 2.88. The van der Waals surface area contributed by atoms with Gasteiger partial charge in [-0.15, -0.1) is 0 Å². The normalized spacial score (nSPS) is 11.5. The third kappa shape index (κ3) is 2.16. The maximum absolute atomic E-state index is 13.9. The van der Waals surface area contributed by atoms with Gasteiger partial charge in [0, 0.05) is 11.1 Å². The molecule has 2 aromatic carbocycles. The highest BCUT2D eigenvalue weighted by Crippen LogP contribution is 2.35. The van der Waals surface area contributed by atoms with Crippen molar-refractivity contribution in [3.63, 3.8) is 0 Å². The van der Waals surface area contributed by atoms with E-state index in [2.05, 4.69) is 0 Å². The van der Waals surface area contributed by atoms with Crippen LogP contribution in [0.2, 0.25) is 0 Å². The second kappa shape index (κ2) is 4.20. The maximum atomic E-state index is 13.9. The van der Waals surface area contributed by atoms with Crippen molar-refractivity contribution in [2.45, 2.75) is 5.92 Å². The zero-order valence-corrected chi connectivity index (χ0v) is 8.63. The van der Waals surface area contributed by atoms with E-state index >= 15 is 0 Å². The van der Waals surface area contributed by atoms with Crippen molar-refractivity contribution in [1.29, 1.82) is 0 Å². The van der Waals surface area contributed by atoms with E-state index in [0.717, 1.165) is 6.07 Å². The molecule has 17 heavy (non-hydrogen) atoms. The SMILES string of the molecule is Fc1ccc(C(F)(F)c2ccccc2)cc1F. The molecule has 2 aromatic rings. The highest BCUT2D eigenvalue weighted by atomic mass is 19.3. The zero-order chi connectivity index (χ0) is 12.5. The van der Waals surface area contributed by atoms with Crippen molar-refractivity contribution in [3.05, 3.63) is 71.3 Å².